The van der Waals surface area contributed by atoms with Crippen molar-refractivity contribution in [1.29, 1.82) is 0 Å². The number of thiophene rings is 1. The maximum Gasteiger partial charge on any atom is 0.242 e. The fourth-order valence-electron chi connectivity index (χ4n) is 1.14. The Labute approximate surface area is 119 Å². The maximum atomic E-state index is 12.0. The number of sulfonamides is 1. The van der Waals surface area contributed by atoms with Crippen molar-refractivity contribution in [2.24, 2.45) is 0 Å². The van der Waals surface area contributed by atoms with Crippen molar-refractivity contribution in [3.05, 3.63) is 31.6 Å². The van der Waals surface area contributed by atoms with Crippen molar-refractivity contribution in [1.82, 2.24) is 14.9 Å². The molecule has 5 nitrogen and oxygen atoms in total. The summed E-state index contributed by atoms with van der Waals surface area (Å²) in [6.07, 6.45) is 3.21. The minimum Gasteiger partial charge on any atom is -0.285 e. The summed E-state index contributed by atoms with van der Waals surface area (Å²) in [4.78, 5) is 0.234. The number of aromatic nitrogens is 2. The van der Waals surface area contributed by atoms with Gasteiger partial charge in [0.1, 0.15) is 4.90 Å². The van der Waals surface area contributed by atoms with E-state index in [2.05, 4.69) is 46.8 Å². The molecule has 2 rings (SSSR count). The first-order chi connectivity index (χ1) is 7.99. The van der Waals surface area contributed by atoms with E-state index in [1.807, 2.05) is 0 Å². The van der Waals surface area contributed by atoms with Gasteiger partial charge in [-0.1, -0.05) is 0 Å². The molecular weight excluding hydrogens is 394 g/mol. The largest absolute Gasteiger partial charge is 0.285 e. The van der Waals surface area contributed by atoms with E-state index in [9.17, 15) is 8.42 Å². The monoisotopic (exact) mass is 399 g/mol. The molecule has 17 heavy (non-hydrogen) atoms. The molecule has 0 unspecified atom stereocenters. The molecule has 2 aromatic heterocycles. The zero-order chi connectivity index (χ0) is 12.5. The molecule has 0 aromatic carbocycles. The van der Waals surface area contributed by atoms with Gasteiger partial charge in [0.2, 0.25) is 10.0 Å². The van der Waals surface area contributed by atoms with Crippen LogP contribution in [0.1, 0.15) is 5.56 Å². The molecule has 9 heteroatoms. The lowest BCUT2D eigenvalue weighted by Crippen LogP contribution is -2.22. The molecule has 0 radical (unpaired) electrons. The van der Waals surface area contributed by atoms with Crippen LogP contribution >= 0.6 is 43.2 Å². The third-order valence-electron chi connectivity index (χ3n) is 1.94. The summed E-state index contributed by atoms with van der Waals surface area (Å²) in [5.41, 5.74) is 0.777. The highest BCUT2D eigenvalue weighted by molar-refractivity contribution is 9.12. The Morgan fingerprint density at radius 1 is 1.47 bits per heavy atom. The summed E-state index contributed by atoms with van der Waals surface area (Å²) >= 11 is 7.78. The summed E-state index contributed by atoms with van der Waals surface area (Å²) < 4.78 is 27.8. The SMILES string of the molecule is O=S(=O)(NCc1cn[nH]c1)c1cc(Br)sc1Br. The molecule has 0 aliphatic heterocycles. The van der Waals surface area contributed by atoms with Gasteiger partial charge in [-0.05, 0) is 37.9 Å². The van der Waals surface area contributed by atoms with Crippen molar-refractivity contribution in [3.8, 4) is 0 Å². The molecule has 92 valence electrons. The highest BCUT2D eigenvalue weighted by Gasteiger charge is 2.20. The Morgan fingerprint density at radius 3 is 2.76 bits per heavy atom. The lowest BCUT2D eigenvalue weighted by atomic mass is 10.4. The predicted molar refractivity (Wildman–Crippen MR) is 72.3 cm³/mol. The minimum atomic E-state index is -3.50. The summed E-state index contributed by atoms with van der Waals surface area (Å²) in [6, 6.07) is 1.56. The molecule has 0 bridgehead atoms. The van der Waals surface area contributed by atoms with E-state index in [-0.39, 0.29) is 11.4 Å². The zero-order valence-electron chi connectivity index (χ0n) is 8.28. The summed E-state index contributed by atoms with van der Waals surface area (Å²) in [5, 5.41) is 6.36. The molecular formula is C8H7Br2N3O2S2. The van der Waals surface area contributed by atoms with Crippen LogP contribution in [0, 0.1) is 0 Å². The van der Waals surface area contributed by atoms with Gasteiger partial charge in [-0.25, -0.2) is 13.1 Å². The molecule has 0 aliphatic carbocycles. The van der Waals surface area contributed by atoms with E-state index < -0.39 is 10.0 Å². The van der Waals surface area contributed by atoms with Gasteiger partial charge in [0.15, 0.2) is 0 Å². The quantitative estimate of drug-likeness (QED) is 0.827. The van der Waals surface area contributed by atoms with Crippen LogP contribution in [0.25, 0.3) is 0 Å². The second kappa shape index (κ2) is 5.19. The van der Waals surface area contributed by atoms with Crippen molar-refractivity contribution >= 4 is 53.2 Å². The zero-order valence-corrected chi connectivity index (χ0v) is 13.1. The molecule has 0 aliphatic rings. The van der Waals surface area contributed by atoms with Crippen LogP contribution in [0.15, 0.2) is 30.9 Å². The molecule has 0 saturated heterocycles. The number of hydrogen-bond acceptors (Lipinski definition) is 4. The minimum absolute atomic E-state index is 0.207. The third kappa shape index (κ3) is 3.16. The Hall–Kier alpha value is -0.220. The summed E-state index contributed by atoms with van der Waals surface area (Å²) in [7, 11) is -3.50. The highest BCUT2D eigenvalue weighted by atomic mass is 79.9. The predicted octanol–water partition coefficient (Wildman–Crippen LogP) is 2.47. The van der Waals surface area contributed by atoms with Crippen LogP contribution in [0.3, 0.4) is 0 Å². The maximum absolute atomic E-state index is 12.0. The summed E-state index contributed by atoms with van der Waals surface area (Å²) in [6.45, 7) is 0.207. The van der Waals surface area contributed by atoms with Crippen molar-refractivity contribution in [2.45, 2.75) is 11.4 Å². The van der Waals surface area contributed by atoms with Gasteiger partial charge in [-0.2, -0.15) is 5.10 Å². The van der Waals surface area contributed by atoms with Crippen LogP contribution in [0.4, 0.5) is 0 Å². The summed E-state index contributed by atoms with van der Waals surface area (Å²) in [5.74, 6) is 0. The second-order valence-corrected chi connectivity index (χ2v) is 8.60. The van der Waals surface area contributed by atoms with Crippen molar-refractivity contribution < 1.29 is 8.42 Å². The number of nitrogens with zero attached hydrogens (tertiary/aromatic N) is 1. The Kier molecular flexibility index (Phi) is 4.03. The molecule has 0 spiro atoms. The molecule has 2 aromatic rings. The molecule has 0 fully saturated rings. The van der Waals surface area contributed by atoms with Gasteiger partial charge in [-0.15, -0.1) is 11.3 Å². The Balaban J connectivity index is 2.17. The smallest absolute Gasteiger partial charge is 0.242 e. The number of H-pyrrole nitrogens is 1. The van der Waals surface area contributed by atoms with E-state index in [4.69, 9.17) is 0 Å². The van der Waals surface area contributed by atoms with Crippen LogP contribution in [-0.2, 0) is 16.6 Å². The highest BCUT2D eigenvalue weighted by Crippen LogP contribution is 2.34. The lowest BCUT2D eigenvalue weighted by molar-refractivity contribution is 0.581. The normalized spacial score (nSPS) is 11.9. The Morgan fingerprint density at radius 2 is 2.24 bits per heavy atom. The number of nitrogens with one attached hydrogen (secondary N) is 2. The standard InChI is InChI=1S/C8H7Br2N3O2S2/c9-7-1-6(8(10)16-7)17(14,15)13-4-5-2-11-12-3-5/h1-3,13H,4H2,(H,11,12). The first-order valence-corrected chi connectivity index (χ1v) is 8.30. The first kappa shape index (κ1) is 13.2. The van der Waals surface area contributed by atoms with E-state index in [0.717, 1.165) is 9.35 Å². The lowest BCUT2D eigenvalue weighted by Gasteiger charge is -2.03. The van der Waals surface area contributed by atoms with E-state index >= 15 is 0 Å². The molecule has 2 N–H and O–H groups in total. The average Bonchev–Trinajstić information content (AvgIpc) is 2.85. The molecule has 0 atom stereocenters. The fourth-order valence-corrected chi connectivity index (χ4v) is 5.97. The number of rotatable bonds is 4. The van der Waals surface area contributed by atoms with Crippen LogP contribution in [0.5, 0.6) is 0 Å². The number of aromatic amines is 1. The molecule has 2 heterocycles. The Bertz CT molecular complexity index is 607. The third-order valence-corrected chi connectivity index (χ3v) is 6.09. The molecule has 0 saturated carbocycles. The van der Waals surface area contributed by atoms with E-state index in [1.165, 1.54) is 11.3 Å². The van der Waals surface area contributed by atoms with Crippen molar-refractivity contribution in [3.63, 3.8) is 0 Å². The van der Waals surface area contributed by atoms with Gasteiger partial charge in [0, 0.05) is 18.3 Å². The molecule has 0 amide bonds. The van der Waals surface area contributed by atoms with E-state index in [1.54, 1.807) is 18.5 Å². The van der Waals surface area contributed by atoms with Crippen LogP contribution in [-0.4, -0.2) is 18.6 Å². The number of hydrogen-bond donors (Lipinski definition) is 2. The van der Waals surface area contributed by atoms with Gasteiger partial charge >= 0.3 is 0 Å². The van der Waals surface area contributed by atoms with Gasteiger partial charge < -0.3 is 0 Å². The van der Waals surface area contributed by atoms with Crippen LogP contribution in [0.2, 0.25) is 0 Å². The first-order valence-electron chi connectivity index (χ1n) is 4.41. The van der Waals surface area contributed by atoms with Gasteiger partial charge in [0.25, 0.3) is 0 Å². The second-order valence-electron chi connectivity index (χ2n) is 3.12. The van der Waals surface area contributed by atoms with Gasteiger partial charge in [0.05, 0.1) is 13.8 Å². The van der Waals surface area contributed by atoms with Crippen molar-refractivity contribution in [2.75, 3.05) is 0 Å². The number of halogens is 2. The average molecular weight is 401 g/mol. The van der Waals surface area contributed by atoms with E-state index in [0.29, 0.717) is 3.79 Å². The van der Waals surface area contributed by atoms with Gasteiger partial charge in [-0.3, -0.25) is 5.10 Å². The fraction of sp³-hybridized carbons (Fsp3) is 0.125. The van der Waals surface area contributed by atoms with Crippen LogP contribution < -0.4 is 4.72 Å². The topological polar surface area (TPSA) is 74.8 Å².